The molecule has 0 saturated heterocycles. The Kier molecular flexibility index (Phi) is 2.41. The van der Waals surface area contributed by atoms with Gasteiger partial charge in [-0.05, 0) is 0 Å². The Morgan fingerprint density at radius 2 is 2.07 bits per heavy atom. The molecule has 0 bridgehead atoms. The maximum absolute atomic E-state index is 12.1. The summed E-state index contributed by atoms with van der Waals surface area (Å²) in [6.07, 6.45) is -4.63. The van der Waals surface area contributed by atoms with Crippen LogP contribution in [0.4, 0.5) is 19.0 Å². The van der Waals surface area contributed by atoms with Crippen molar-refractivity contribution < 1.29 is 17.9 Å². The molecular weight excluding hydrogens is 201 g/mol. The zero-order valence-corrected chi connectivity index (χ0v) is 7.11. The first-order valence-electron chi connectivity index (χ1n) is 3.50. The molecule has 0 fully saturated rings. The first kappa shape index (κ1) is 10.4. The van der Waals surface area contributed by atoms with E-state index in [1.807, 2.05) is 4.98 Å². The van der Waals surface area contributed by atoms with Gasteiger partial charge in [-0.15, -0.1) is 0 Å². The van der Waals surface area contributed by atoms with Crippen molar-refractivity contribution >= 4 is 5.82 Å². The zero-order valence-electron chi connectivity index (χ0n) is 7.11. The number of ether oxygens (including phenoxy) is 1. The molecule has 3 N–H and O–H groups in total. The number of methoxy groups -OCH3 is 1. The van der Waals surface area contributed by atoms with Gasteiger partial charge in [-0.1, -0.05) is 0 Å². The minimum atomic E-state index is -4.63. The van der Waals surface area contributed by atoms with Gasteiger partial charge in [0.15, 0.2) is 0 Å². The molecule has 0 radical (unpaired) electrons. The quantitative estimate of drug-likeness (QED) is 0.722. The minimum absolute atomic E-state index is 0.321. The van der Waals surface area contributed by atoms with Crippen LogP contribution in [-0.2, 0) is 6.18 Å². The summed E-state index contributed by atoms with van der Waals surface area (Å²) < 4.78 is 40.9. The molecule has 4 nitrogen and oxygen atoms in total. The van der Waals surface area contributed by atoms with Crippen LogP contribution in [0.3, 0.4) is 0 Å². The standard InChI is InChI=1S/C7H7F3N2O2/c1-14-5-3(13)2-4(7(8,9)10)12-6(5)11/h2H,1H3,(H3,11,12,13). The molecule has 1 rings (SSSR count). The average molecular weight is 208 g/mol. The first-order chi connectivity index (χ1) is 6.36. The van der Waals surface area contributed by atoms with Crippen LogP contribution < -0.4 is 15.9 Å². The fourth-order valence-electron chi connectivity index (χ4n) is 0.931. The van der Waals surface area contributed by atoms with Crippen LogP contribution in [0.15, 0.2) is 10.9 Å². The summed E-state index contributed by atoms with van der Waals surface area (Å²) in [5.74, 6) is -0.759. The molecule has 14 heavy (non-hydrogen) atoms. The van der Waals surface area contributed by atoms with Crippen LogP contribution in [0.25, 0.3) is 0 Å². The molecule has 1 aromatic rings. The average Bonchev–Trinajstić information content (AvgIpc) is 2.01. The second-order valence-corrected chi connectivity index (χ2v) is 2.49. The second kappa shape index (κ2) is 3.24. The highest BCUT2D eigenvalue weighted by molar-refractivity contribution is 5.46. The maximum Gasteiger partial charge on any atom is 0.431 e. The lowest BCUT2D eigenvalue weighted by Gasteiger charge is -2.09. The molecule has 0 aliphatic carbocycles. The largest absolute Gasteiger partial charge is 0.490 e. The van der Waals surface area contributed by atoms with Crippen LogP contribution >= 0.6 is 0 Å². The number of nitrogen functional groups attached to an aromatic ring is 1. The van der Waals surface area contributed by atoms with Gasteiger partial charge in [-0.3, -0.25) is 4.79 Å². The van der Waals surface area contributed by atoms with Crippen LogP contribution in [0, 0.1) is 0 Å². The molecule has 7 heteroatoms. The number of rotatable bonds is 1. The van der Waals surface area contributed by atoms with Gasteiger partial charge in [-0.25, -0.2) is 0 Å². The van der Waals surface area contributed by atoms with Crippen molar-refractivity contribution in [1.29, 1.82) is 0 Å². The van der Waals surface area contributed by atoms with Gasteiger partial charge in [0, 0.05) is 6.07 Å². The van der Waals surface area contributed by atoms with Gasteiger partial charge in [0.1, 0.15) is 11.5 Å². The number of hydrogen-bond acceptors (Lipinski definition) is 3. The Morgan fingerprint density at radius 3 is 2.43 bits per heavy atom. The molecule has 0 unspecified atom stereocenters. The van der Waals surface area contributed by atoms with Crippen molar-refractivity contribution in [2.24, 2.45) is 0 Å². The number of pyridine rings is 1. The number of alkyl halides is 3. The minimum Gasteiger partial charge on any atom is -0.490 e. The lowest BCUT2D eigenvalue weighted by Crippen LogP contribution is -2.17. The van der Waals surface area contributed by atoms with Crippen LogP contribution in [0.1, 0.15) is 5.69 Å². The van der Waals surface area contributed by atoms with E-state index in [-0.39, 0.29) is 5.75 Å². The predicted octanol–water partition coefficient (Wildman–Crippen LogP) is 0.985. The van der Waals surface area contributed by atoms with E-state index in [4.69, 9.17) is 5.73 Å². The third kappa shape index (κ3) is 1.81. The van der Waals surface area contributed by atoms with Crippen molar-refractivity contribution in [1.82, 2.24) is 4.98 Å². The Bertz CT molecular complexity index is 397. The lowest BCUT2D eigenvalue weighted by molar-refractivity contribution is -0.141. The van der Waals surface area contributed by atoms with Gasteiger partial charge >= 0.3 is 6.18 Å². The second-order valence-electron chi connectivity index (χ2n) is 2.49. The van der Waals surface area contributed by atoms with Crippen LogP contribution in [0.5, 0.6) is 5.75 Å². The van der Waals surface area contributed by atoms with Crippen LogP contribution in [0.2, 0.25) is 0 Å². The SMILES string of the molecule is COc1c(N)[nH]c(C(F)(F)F)cc1=O. The van der Waals surface area contributed by atoms with Gasteiger partial charge < -0.3 is 15.5 Å². The number of nitrogens with one attached hydrogen (secondary N) is 1. The third-order valence-electron chi connectivity index (χ3n) is 1.52. The number of anilines is 1. The van der Waals surface area contributed by atoms with Crippen LogP contribution in [-0.4, -0.2) is 12.1 Å². The van der Waals surface area contributed by atoms with Crippen molar-refractivity contribution in [2.75, 3.05) is 12.8 Å². The topological polar surface area (TPSA) is 68.1 Å². The summed E-state index contributed by atoms with van der Waals surface area (Å²) in [4.78, 5) is 12.8. The number of halogens is 3. The third-order valence-corrected chi connectivity index (χ3v) is 1.52. The Hall–Kier alpha value is -1.66. The monoisotopic (exact) mass is 208 g/mol. The molecule has 0 saturated carbocycles. The molecule has 78 valence electrons. The van der Waals surface area contributed by atoms with E-state index in [9.17, 15) is 18.0 Å². The molecule has 0 aliphatic rings. The molecule has 1 aromatic heterocycles. The summed E-state index contributed by atoms with van der Waals surface area (Å²) in [5.41, 5.74) is 3.05. The molecular formula is C7H7F3N2O2. The lowest BCUT2D eigenvalue weighted by atomic mass is 10.3. The van der Waals surface area contributed by atoms with Gasteiger partial charge in [0.2, 0.25) is 11.2 Å². The normalized spacial score (nSPS) is 11.4. The van der Waals surface area contributed by atoms with Crippen molar-refractivity contribution in [3.05, 3.63) is 22.0 Å². The van der Waals surface area contributed by atoms with E-state index in [2.05, 4.69) is 4.74 Å². The number of nitrogens with two attached hydrogens (primary N) is 1. The summed E-state index contributed by atoms with van der Waals surface area (Å²) in [7, 11) is 1.15. The Labute approximate surface area is 76.5 Å². The highest BCUT2D eigenvalue weighted by atomic mass is 19.4. The smallest absolute Gasteiger partial charge is 0.431 e. The maximum atomic E-state index is 12.1. The number of H-pyrrole nitrogens is 1. The zero-order chi connectivity index (χ0) is 10.9. The number of hydrogen-bond donors (Lipinski definition) is 2. The summed E-state index contributed by atoms with van der Waals surface area (Å²) in [6, 6.07) is 0.398. The summed E-state index contributed by atoms with van der Waals surface area (Å²) in [5, 5.41) is 0. The van der Waals surface area contributed by atoms with E-state index in [1.54, 1.807) is 0 Å². The van der Waals surface area contributed by atoms with Crippen molar-refractivity contribution in [2.45, 2.75) is 6.18 Å². The number of aromatic nitrogens is 1. The molecule has 0 amide bonds. The molecule has 0 atom stereocenters. The summed E-state index contributed by atoms with van der Waals surface area (Å²) >= 11 is 0. The van der Waals surface area contributed by atoms with E-state index < -0.39 is 23.1 Å². The molecule has 1 heterocycles. The Morgan fingerprint density at radius 1 is 1.50 bits per heavy atom. The highest BCUT2D eigenvalue weighted by Gasteiger charge is 2.33. The Balaban J connectivity index is 3.36. The van der Waals surface area contributed by atoms with E-state index in [0.29, 0.717) is 6.07 Å². The summed E-state index contributed by atoms with van der Waals surface area (Å²) in [6.45, 7) is 0. The van der Waals surface area contributed by atoms with E-state index in [1.165, 1.54) is 0 Å². The van der Waals surface area contributed by atoms with E-state index >= 15 is 0 Å². The molecule has 0 aromatic carbocycles. The predicted molar refractivity (Wildman–Crippen MR) is 43.0 cm³/mol. The highest BCUT2D eigenvalue weighted by Crippen LogP contribution is 2.28. The molecule has 0 spiro atoms. The fraction of sp³-hybridized carbons (Fsp3) is 0.286. The van der Waals surface area contributed by atoms with Gasteiger partial charge in [0.05, 0.1) is 7.11 Å². The van der Waals surface area contributed by atoms with Gasteiger partial charge in [-0.2, -0.15) is 13.2 Å². The number of aromatic amines is 1. The van der Waals surface area contributed by atoms with Crippen molar-refractivity contribution in [3.63, 3.8) is 0 Å². The van der Waals surface area contributed by atoms with Gasteiger partial charge in [0.25, 0.3) is 0 Å². The van der Waals surface area contributed by atoms with Crippen molar-refractivity contribution in [3.8, 4) is 5.75 Å². The van der Waals surface area contributed by atoms with E-state index in [0.717, 1.165) is 7.11 Å². The first-order valence-corrected chi connectivity index (χ1v) is 3.50. The molecule has 0 aliphatic heterocycles. The fourth-order valence-corrected chi connectivity index (χ4v) is 0.931.